The smallest absolute Gasteiger partial charge is 0.252 e. The summed E-state index contributed by atoms with van der Waals surface area (Å²) in [6, 6.07) is 5.81. The zero-order chi connectivity index (χ0) is 13.8. The van der Waals surface area contributed by atoms with Crippen LogP contribution in [0.15, 0.2) is 52.1 Å². The van der Waals surface area contributed by atoms with Gasteiger partial charge < -0.3 is 5.32 Å². The minimum atomic E-state index is -0.0429. The lowest BCUT2D eigenvalue weighted by Crippen LogP contribution is -2.31. The van der Waals surface area contributed by atoms with Gasteiger partial charge in [0.05, 0.1) is 6.04 Å². The van der Waals surface area contributed by atoms with Gasteiger partial charge in [0.2, 0.25) is 0 Å². The van der Waals surface area contributed by atoms with Crippen molar-refractivity contribution in [2.45, 2.75) is 6.04 Å². The van der Waals surface area contributed by atoms with Crippen molar-refractivity contribution >= 4 is 28.6 Å². The van der Waals surface area contributed by atoms with Gasteiger partial charge in [0.1, 0.15) is 0 Å². The Morgan fingerprint density at radius 3 is 2.80 bits per heavy atom. The minimum absolute atomic E-state index is 0.0267. The van der Waals surface area contributed by atoms with Gasteiger partial charge in [-0.3, -0.25) is 9.48 Å². The second-order valence-electron chi connectivity index (χ2n) is 4.28. The average molecular weight is 303 g/mol. The molecule has 102 valence electrons. The van der Waals surface area contributed by atoms with Crippen LogP contribution in [0.25, 0.3) is 0 Å². The Morgan fingerprint density at radius 1 is 1.30 bits per heavy atom. The number of thiophene rings is 2. The van der Waals surface area contributed by atoms with Crippen molar-refractivity contribution in [2.75, 3.05) is 6.54 Å². The number of amides is 1. The third-order valence-corrected chi connectivity index (χ3v) is 4.40. The van der Waals surface area contributed by atoms with Crippen molar-refractivity contribution in [1.29, 1.82) is 0 Å². The van der Waals surface area contributed by atoms with Gasteiger partial charge >= 0.3 is 0 Å². The fraction of sp³-hybridized carbons (Fsp3) is 0.143. The highest BCUT2D eigenvalue weighted by atomic mass is 32.1. The molecule has 0 bridgehead atoms. The predicted molar refractivity (Wildman–Crippen MR) is 81.3 cm³/mol. The van der Waals surface area contributed by atoms with Crippen LogP contribution in [-0.2, 0) is 0 Å². The van der Waals surface area contributed by atoms with Gasteiger partial charge in [0.25, 0.3) is 5.91 Å². The summed E-state index contributed by atoms with van der Waals surface area (Å²) >= 11 is 3.17. The molecule has 1 N–H and O–H groups in total. The largest absolute Gasteiger partial charge is 0.350 e. The van der Waals surface area contributed by atoms with Crippen LogP contribution in [0.5, 0.6) is 0 Å². The number of carbonyl (C=O) groups excluding carboxylic acids is 1. The monoisotopic (exact) mass is 303 g/mol. The molecule has 0 aromatic carbocycles. The van der Waals surface area contributed by atoms with Gasteiger partial charge in [-0.1, -0.05) is 0 Å². The minimum Gasteiger partial charge on any atom is -0.350 e. The molecule has 3 heterocycles. The van der Waals surface area contributed by atoms with E-state index in [0.717, 1.165) is 5.56 Å². The third-order valence-electron chi connectivity index (χ3n) is 3.01. The molecule has 0 saturated heterocycles. The molecule has 6 heteroatoms. The van der Waals surface area contributed by atoms with Crippen molar-refractivity contribution < 1.29 is 4.79 Å². The molecular formula is C14H13N3OS2. The van der Waals surface area contributed by atoms with E-state index in [1.54, 1.807) is 17.5 Å². The highest BCUT2D eigenvalue weighted by molar-refractivity contribution is 7.08. The van der Waals surface area contributed by atoms with Gasteiger partial charge in [0.15, 0.2) is 0 Å². The molecule has 0 fully saturated rings. The quantitative estimate of drug-likeness (QED) is 0.787. The van der Waals surface area contributed by atoms with Gasteiger partial charge in [-0.05, 0) is 39.9 Å². The molecule has 1 amide bonds. The molecule has 0 aliphatic carbocycles. The van der Waals surface area contributed by atoms with Crippen LogP contribution in [0.4, 0.5) is 0 Å². The zero-order valence-electron chi connectivity index (χ0n) is 10.6. The highest BCUT2D eigenvalue weighted by Gasteiger charge is 2.16. The molecule has 0 spiro atoms. The first kappa shape index (κ1) is 13.1. The first-order valence-corrected chi connectivity index (χ1v) is 8.05. The summed E-state index contributed by atoms with van der Waals surface area (Å²) in [5.74, 6) is -0.0429. The zero-order valence-corrected chi connectivity index (χ0v) is 12.2. The molecule has 0 radical (unpaired) electrons. The van der Waals surface area contributed by atoms with E-state index >= 15 is 0 Å². The van der Waals surface area contributed by atoms with Crippen LogP contribution >= 0.6 is 22.7 Å². The van der Waals surface area contributed by atoms with E-state index in [9.17, 15) is 4.79 Å². The third kappa shape index (κ3) is 2.81. The van der Waals surface area contributed by atoms with E-state index in [2.05, 4.69) is 21.9 Å². The number of nitrogens with one attached hydrogen (secondary N) is 1. The summed E-state index contributed by atoms with van der Waals surface area (Å²) in [5, 5.41) is 15.1. The number of nitrogens with zero attached hydrogens (tertiary/aromatic N) is 2. The van der Waals surface area contributed by atoms with Crippen molar-refractivity contribution in [3.8, 4) is 0 Å². The second kappa shape index (κ2) is 6.02. The van der Waals surface area contributed by atoms with Crippen LogP contribution < -0.4 is 5.32 Å². The van der Waals surface area contributed by atoms with Crippen LogP contribution in [0.1, 0.15) is 22.0 Å². The molecule has 0 aliphatic rings. The normalized spacial score (nSPS) is 12.2. The lowest BCUT2D eigenvalue weighted by molar-refractivity contribution is 0.0949. The predicted octanol–water partition coefficient (Wildman–Crippen LogP) is 3.03. The lowest BCUT2D eigenvalue weighted by atomic mass is 10.1. The van der Waals surface area contributed by atoms with Crippen molar-refractivity contribution in [1.82, 2.24) is 15.1 Å². The Hall–Kier alpha value is -1.92. The Kier molecular flexibility index (Phi) is 3.94. The summed E-state index contributed by atoms with van der Waals surface area (Å²) in [6.07, 6.45) is 3.67. The number of rotatable bonds is 5. The first-order chi connectivity index (χ1) is 9.84. The number of hydrogen-bond acceptors (Lipinski definition) is 4. The topological polar surface area (TPSA) is 46.9 Å². The maximum absolute atomic E-state index is 12.0. The SMILES string of the molecule is O=C(NC[C@@H](c1ccsc1)n1cccn1)c1ccsc1. The summed E-state index contributed by atoms with van der Waals surface area (Å²) in [6.45, 7) is 0.521. The number of carbonyl (C=O) groups is 1. The Morgan fingerprint density at radius 2 is 2.15 bits per heavy atom. The first-order valence-electron chi connectivity index (χ1n) is 6.16. The molecule has 3 aromatic heterocycles. The summed E-state index contributed by atoms with van der Waals surface area (Å²) in [7, 11) is 0. The van der Waals surface area contributed by atoms with Gasteiger partial charge in [-0.2, -0.15) is 27.8 Å². The van der Waals surface area contributed by atoms with E-state index in [1.807, 2.05) is 39.2 Å². The lowest BCUT2D eigenvalue weighted by Gasteiger charge is -2.17. The Bertz CT molecular complexity index is 610. The summed E-state index contributed by atoms with van der Waals surface area (Å²) in [4.78, 5) is 12.0. The van der Waals surface area contributed by atoms with Gasteiger partial charge in [0, 0.05) is 29.9 Å². The van der Waals surface area contributed by atoms with Gasteiger partial charge in [-0.15, -0.1) is 0 Å². The van der Waals surface area contributed by atoms with E-state index < -0.39 is 0 Å². The summed E-state index contributed by atoms with van der Waals surface area (Å²) in [5.41, 5.74) is 1.86. The van der Waals surface area contributed by atoms with E-state index in [0.29, 0.717) is 12.1 Å². The van der Waals surface area contributed by atoms with E-state index in [-0.39, 0.29) is 11.9 Å². The Balaban J connectivity index is 1.73. The van der Waals surface area contributed by atoms with E-state index in [1.165, 1.54) is 11.3 Å². The molecule has 0 saturated carbocycles. The molecule has 20 heavy (non-hydrogen) atoms. The molecule has 4 nitrogen and oxygen atoms in total. The number of aromatic nitrogens is 2. The van der Waals surface area contributed by atoms with Crippen LogP contribution in [0, 0.1) is 0 Å². The molecule has 1 atom stereocenters. The Labute approximate surface area is 124 Å². The number of hydrogen-bond donors (Lipinski definition) is 1. The second-order valence-corrected chi connectivity index (χ2v) is 5.84. The van der Waals surface area contributed by atoms with Crippen LogP contribution in [-0.4, -0.2) is 22.2 Å². The van der Waals surface area contributed by atoms with Crippen LogP contribution in [0.2, 0.25) is 0 Å². The maximum atomic E-state index is 12.0. The van der Waals surface area contributed by atoms with Crippen molar-refractivity contribution in [3.05, 3.63) is 63.2 Å². The fourth-order valence-corrected chi connectivity index (χ4v) is 3.32. The maximum Gasteiger partial charge on any atom is 0.252 e. The molecule has 0 unspecified atom stereocenters. The van der Waals surface area contributed by atoms with Crippen LogP contribution in [0.3, 0.4) is 0 Å². The van der Waals surface area contributed by atoms with E-state index in [4.69, 9.17) is 0 Å². The van der Waals surface area contributed by atoms with Gasteiger partial charge in [-0.25, -0.2) is 0 Å². The fourth-order valence-electron chi connectivity index (χ4n) is 1.98. The summed E-state index contributed by atoms with van der Waals surface area (Å²) < 4.78 is 1.87. The molecule has 0 aliphatic heterocycles. The van der Waals surface area contributed by atoms with Crippen molar-refractivity contribution in [2.24, 2.45) is 0 Å². The molecule has 3 rings (SSSR count). The van der Waals surface area contributed by atoms with Crippen molar-refractivity contribution in [3.63, 3.8) is 0 Å². The average Bonchev–Trinajstić information content (AvgIpc) is 3.22. The standard InChI is InChI=1S/C14H13N3OS2/c18-14(12-3-7-20-10-12)15-8-13(11-2-6-19-9-11)17-5-1-4-16-17/h1-7,9-10,13H,8H2,(H,15,18)/t13-/m0/s1. The highest BCUT2D eigenvalue weighted by Crippen LogP contribution is 2.19. The molecule has 3 aromatic rings. The molecular weight excluding hydrogens is 290 g/mol.